The van der Waals surface area contributed by atoms with E-state index in [1.54, 1.807) is 12.3 Å². The van der Waals surface area contributed by atoms with Crippen molar-refractivity contribution in [3.8, 4) is 16.9 Å². The lowest BCUT2D eigenvalue weighted by molar-refractivity contribution is -0.120. The summed E-state index contributed by atoms with van der Waals surface area (Å²) >= 11 is 6.26. The highest BCUT2D eigenvalue weighted by Crippen LogP contribution is 2.30. The number of pyridine rings is 1. The maximum Gasteiger partial charge on any atom is 0.335 e. The molecule has 3 aromatic rings. The minimum absolute atomic E-state index is 0.109. The monoisotopic (exact) mass is 536 g/mol. The Balaban J connectivity index is 1.67. The third-order valence-electron chi connectivity index (χ3n) is 6.84. The van der Waals surface area contributed by atoms with Gasteiger partial charge in [0.2, 0.25) is 5.91 Å². The summed E-state index contributed by atoms with van der Waals surface area (Å²) in [6.07, 6.45) is 5.13. The van der Waals surface area contributed by atoms with Gasteiger partial charge < -0.3 is 19.9 Å². The van der Waals surface area contributed by atoms with Crippen molar-refractivity contribution in [2.45, 2.75) is 44.7 Å². The first-order chi connectivity index (χ1) is 18.3. The van der Waals surface area contributed by atoms with Gasteiger partial charge in [0.15, 0.2) is 7.28 Å². The van der Waals surface area contributed by atoms with Crippen LogP contribution < -0.4 is 21.1 Å². The number of carbonyl (C=O) groups is 2. The molecule has 10 heteroatoms. The number of carboxylic acid groups (broad SMARTS) is 1. The number of benzene rings is 2. The van der Waals surface area contributed by atoms with E-state index in [9.17, 15) is 14.4 Å². The molecule has 0 saturated heterocycles. The number of nitrogens with one attached hydrogen (secondary N) is 1. The standard InChI is InChI=1S/C28H30BClN2O6/c1-29-23-11-8-18(30)14-21(23)22-15-26(33)32(16-25(22)37-2)24(12-13-38-20-4-3-5-20)27(34)31-19-9-6-17(7-10-19)28(35)36/h6-11,14-16,20,24,29H,3-5,12-13H2,1-2H3,(H,31,34)(H,35,36)/t24-/m0/s1. The number of amides is 1. The molecule has 1 amide bonds. The van der Waals surface area contributed by atoms with Crippen molar-refractivity contribution in [3.63, 3.8) is 0 Å². The first-order valence-corrected chi connectivity index (χ1v) is 13.0. The quantitative estimate of drug-likeness (QED) is 0.357. The highest BCUT2D eigenvalue weighted by molar-refractivity contribution is 6.54. The zero-order chi connectivity index (χ0) is 27.2. The number of hydrogen-bond acceptors (Lipinski definition) is 5. The molecule has 1 heterocycles. The molecular weight excluding hydrogens is 507 g/mol. The number of rotatable bonds is 11. The zero-order valence-electron chi connectivity index (χ0n) is 21.4. The zero-order valence-corrected chi connectivity index (χ0v) is 22.2. The Hall–Kier alpha value is -3.56. The van der Waals surface area contributed by atoms with E-state index in [2.05, 4.69) is 5.32 Å². The van der Waals surface area contributed by atoms with E-state index in [4.69, 9.17) is 26.2 Å². The van der Waals surface area contributed by atoms with Crippen molar-refractivity contribution >= 4 is 41.9 Å². The lowest BCUT2D eigenvalue weighted by Crippen LogP contribution is -2.34. The van der Waals surface area contributed by atoms with Crippen LogP contribution in [0.5, 0.6) is 5.75 Å². The number of ether oxygens (including phenoxy) is 2. The molecule has 8 nitrogen and oxygen atoms in total. The van der Waals surface area contributed by atoms with Crippen molar-refractivity contribution < 1.29 is 24.2 Å². The predicted molar refractivity (Wildman–Crippen MR) is 150 cm³/mol. The minimum Gasteiger partial charge on any atom is -0.495 e. The van der Waals surface area contributed by atoms with Crippen LogP contribution in [0.1, 0.15) is 42.1 Å². The van der Waals surface area contributed by atoms with E-state index in [1.165, 1.54) is 42.0 Å². The van der Waals surface area contributed by atoms with Crippen LogP contribution in [0.4, 0.5) is 5.69 Å². The summed E-state index contributed by atoms with van der Waals surface area (Å²) in [7, 11) is 2.26. The molecular formula is C28H30BClN2O6. The second-order valence-corrected chi connectivity index (χ2v) is 9.69. The Bertz CT molecular complexity index is 1370. The van der Waals surface area contributed by atoms with Crippen molar-refractivity contribution in [1.29, 1.82) is 0 Å². The molecule has 1 aromatic heterocycles. The first-order valence-electron chi connectivity index (χ1n) is 12.7. The molecule has 1 saturated carbocycles. The number of hydrogen-bond donors (Lipinski definition) is 2. The molecule has 2 aromatic carbocycles. The summed E-state index contributed by atoms with van der Waals surface area (Å²) in [6, 6.07) is 12.0. The molecule has 0 spiro atoms. The maximum atomic E-state index is 13.4. The largest absolute Gasteiger partial charge is 0.495 e. The lowest BCUT2D eigenvalue weighted by Gasteiger charge is -2.27. The van der Waals surface area contributed by atoms with Crippen LogP contribution in [-0.4, -0.2) is 48.7 Å². The summed E-state index contributed by atoms with van der Waals surface area (Å²) < 4.78 is 12.9. The Labute approximate surface area is 226 Å². The van der Waals surface area contributed by atoms with Crippen LogP contribution in [0.25, 0.3) is 11.1 Å². The Kier molecular flexibility index (Phi) is 8.91. The topological polar surface area (TPSA) is 107 Å². The van der Waals surface area contributed by atoms with Crippen molar-refractivity contribution in [1.82, 2.24) is 4.57 Å². The molecule has 0 bridgehead atoms. The third kappa shape index (κ3) is 6.29. The van der Waals surface area contributed by atoms with Crippen LogP contribution in [0.2, 0.25) is 11.8 Å². The van der Waals surface area contributed by atoms with E-state index < -0.39 is 17.9 Å². The van der Waals surface area contributed by atoms with E-state index >= 15 is 0 Å². The second kappa shape index (κ2) is 12.3. The van der Waals surface area contributed by atoms with Gasteiger partial charge in [-0.1, -0.05) is 30.0 Å². The molecule has 1 aliphatic carbocycles. The number of aromatic carboxylic acids is 1. The highest BCUT2D eigenvalue weighted by Gasteiger charge is 2.26. The van der Waals surface area contributed by atoms with Gasteiger partial charge in [-0.25, -0.2) is 4.79 Å². The van der Waals surface area contributed by atoms with Gasteiger partial charge in [-0.15, -0.1) is 0 Å². The lowest BCUT2D eigenvalue weighted by atomic mass is 9.70. The summed E-state index contributed by atoms with van der Waals surface area (Å²) in [5, 5.41) is 12.5. The Morgan fingerprint density at radius 2 is 1.89 bits per heavy atom. The van der Waals surface area contributed by atoms with E-state index in [1.807, 2.05) is 19.0 Å². The van der Waals surface area contributed by atoms with Gasteiger partial charge in [0.05, 0.1) is 25.0 Å². The van der Waals surface area contributed by atoms with Crippen LogP contribution in [-0.2, 0) is 9.53 Å². The van der Waals surface area contributed by atoms with Gasteiger partial charge in [-0.3, -0.25) is 14.2 Å². The van der Waals surface area contributed by atoms with E-state index in [0.717, 1.165) is 37.6 Å². The molecule has 0 radical (unpaired) electrons. The molecule has 2 N–H and O–H groups in total. The fourth-order valence-electron chi connectivity index (χ4n) is 4.46. The number of halogens is 1. The molecule has 0 unspecified atom stereocenters. The average Bonchev–Trinajstić information content (AvgIpc) is 2.88. The van der Waals surface area contributed by atoms with Gasteiger partial charge in [0.1, 0.15) is 11.8 Å². The van der Waals surface area contributed by atoms with Crippen LogP contribution in [0.15, 0.2) is 59.5 Å². The molecule has 1 atom stereocenters. The smallest absolute Gasteiger partial charge is 0.335 e. The van der Waals surface area contributed by atoms with E-state index in [-0.39, 0.29) is 23.6 Å². The molecule has 0 aliphatic heterocycles. The number of carbonyl (C=O) groups excluding carboxylic acids is 1. The summed E-state index contributed by atoms with van der Waals surface area (Å²) in [4.78, 5) is 38.0. The maximum absolute atomic E-state index is 13.4. The predicted octanol–water partition coefficient (Wildman–Crippen LogP) is 4.12. The Morgan fingerprint density at radius 1 is 1.16 bits per heavy atom. The third-order valence-corrected chi connectivity index (χ3v) is 7.08. The van der Waals surface area contributed by atoms with E-state index in [0.29, 0.717) is 28.6 Å². The Morgan fingerprint density at radius 3 is 2.50 bits per heavy atom. The second-order valence-electron chi connectivity index (χ2n) is 9.26. The first kappa shape index (κ1) is 27.5. The molecule has 38 heavy (non-hydrogen) atoms. The fourth-order valence-corrected chi connectivity index (χ4v) is 4.63. The van der Waals surface area contributed by atoms with Gasteiger partial charge >= 0.3 is 5.97 Å². The number of aromatic nitrogens is 1. The number of methoxy groups -OCH3 is 1. The highest BCUT2D eigenvalue weighted by atomic mass is 35.5. The number of anilines is 1. The average molecular weight is 537 g/mol. The summed E-state index contributed by atoms with van der Waals surface area (Å²) in [5.74, 6) is -1.04. The van der Waals surface area contributed by atoms with Crippen LogP contribution in [0, 0.1) is 0 Å². The van der Waals surface area contributed by atoms with Crippen LogP contribution >= 0.6 is 11.6 Å². The van der Waals surface area contributed by atoms with Crippen molar-refractivity contribution in [3.05, 3.63) is 75.7 Å². The summed E-state index contributed by atoms with van der Waals surface area (Å²) in [6.45, 7) is 2.33. The van der Waals surface area contributed by atoms with Gasteiger partial charge in [0, 0.05) is 35.4 Å². The van der Waals surface area contributed by atoms with Gasteiger partial charge in [-0.2, -0.15) is 0 Å². The van der Waals surface area contributed by atoms with Gasteiger partial charge in [-0.05, 0) is 61.2 Å². The normalized spacial score (nSPS) is 13.9. The molecule has 1 fully saturated rings. The van der Waals surface area contributed by atoms with Crippen molar-refractivity contribution in [2.24, 2.45) is 0 Å². The number of nitrogens with zero attached hydrogens (tertiary/aromatic N) is 1. The number of carboxylic acids is 1. The summed E-state index contributed by atoms with van der Waals surface area (Å²) in [5.41, 5.74) is 2.58. The molecule has 198 valence electrons. The minimum atomic E-state index is -1.06. The molecule has 1 aliphatic rings. The molecule has 4 rings (SSSR count). The van der Waals surface area contributed by atoms with Crippen molar-refractivity contribution in [2.75, 3.05) is 19.0 Å². The van der Waals surface area contributed by atoms with Crippen LogP contribution in [0.3, 0.4) is 0 Å². The van der Waals surface area contributed by atoms with Gasteiger partial charge in [0.25, 0.3) is 5.56 Å². The fraction of sp³-hybridized carbons (Fsp3) is 0.321. The SMILES string of the molecule is CBc1ccc(Cl)cc1-c1cc(=O)n([C@@H](CCOC2CCC2)C(=O)Nc2ccc(C(=O)O)cc2)cc1OC.